The fraction of sp³-hybridized carbons (Fsp3) is 0.625. The number of rotatable bonds is 2. The summed E-state index contributed by atoms with van der Waals surface area (Å²) in [6.45, 7) is 4.27. The van der Waals surface area contributed by atoms with Crippen molar-refractivity contribution in [1.29, 1.82) is 0 Å². The smallest absolute Gasteiger partial charge is 0.388 e. The highest BCUT2D eigenvalue weighted by Gasteiger charge is 2.34. The maximum absolute atomic E-state index is 12.8. The van der Waals surface area contributed by atoms with Gasteiger partial charge in [0.2, 0.25) is 0 Å². The molecule has 0 radical (unpaired) electrons. The van der Waals surface area contributed by atoms with Crippen LogP contribution in [0.15, 0.2) is 22.7 Å². The average Bonchev–Trinajstić information content (AvgIpc) is 2.36. The van der Waals surface area contributed by atoms with Gasteiger partial charge in [-0.25, -0.2) is 0 Å². The summed E-state index contributed by atoms with van der Waals surface area (Å²) in [5.74, 6) is 1.01. The fourth-order valence-electron chi connectivity index (χ4n) is 3.47. The monoisotopic (exact) mass is 364 g/mol. The highest BCUT2D eigenvalue weighted by atomic mass is 79.9. The third-order valence-electron chi connectivity index (χ3n) is 4.30. The minimum atomic E-state index is -4.39. The average molecular weight is 365 g/mol. The van der Waals surface area contributed by atoms with Gasteiger partial charge in [-0.3, -0.25) is 0 Å². The summed E-state index contributed by atoms with van der Waals surface area (Å²) >= 11 is 3.27. The van der Waals surface area contributed by atoms with Gasteiger partial charge in [0.1, 0.15) is 0 Å². The van der Waals surface area contributed by atoms with Crippen LogP contribution in [0.1, 0.15) is 50.3 Å². The van der Waals surface area contributed by atoms with Gasteiger partial charge in [0, 0.05) is 4.47 Å². The predicted molar refractivity (Wildman–Crippen MR) is 79.8 cm³/mol. The van der Waals surface area contributed by atoms with Crippen LogP contribution in [0.25, 0.3) is 0 Å². The molecule has 1 aromatic carbocycles. The van der Waals surface area contributed by atoms with E-state index in [0.29, 0.717) is 21.9 Å². The molecule has 1 N–H and O–H groups in total. The van der Waals surface area contributed by atoms with E-state index < -0.39 is 17.8 Å². The molecule has 0 heterocycles. The van der Waals surface area contributed by atoms with Gasteiger partial charge in [-0.1, -0.05) is 29.8 Å². The van der Waals surface area contributed by atoms with Gasteiger partial charge in [0.25, 0.3) is 0 Å². The van der Waals surface area contributed by atoms with E-state index in [1.165, 1.54) is 6.07 Å². The van der Waals surface area contributed by atoms with Crippen LogP contribution in [0.3, 0.4) is 0 Å². The number of alkyl halides is 3. The summed E-state index contributed by atoms with van der Waals surface area (Å²) in [6, 6.07) is 3.47. The van der Waals surface area contributed by atoms with Crippen LogP contribution in [0.4, 0.5) is 13.2 Å². The molecule has 1 fully saturated rings. The van der Waals surface area contributed by atoms with E-state index in [0.717, 1.165) is 31.4 Å². The van der Waals surface area contributed by atoms with Crippen LogP contribution >= 0.6 is 15.9 Å². The first kappa shape index (κ1) is 16.8. The molecule has 3 unspecified atom stereocenters. The van der Waals surface area contributed by atoms with Gasteiger partial charge >= 0.3 is 6.18 Å². The molecule has 5 heteroatoms. The molecule has 0 spiro atoms. The highest BCUT2D eigenvalue weighted by molar-refractivity contribution is 9.10. The van der Waals surface area contributed by atoms with Crippen LogP contribution < -0.4 is 0 Å². The van der Waals surface area contributed by atoms with Crippen LogP contribution in [0.5, 0.6) is 0 Å². The number of hydrogen-bond donors (Lipinski definition) is 1. The molecule has 0 aliphatic heterocycles. The van der Waals surface area contributed by atoms with Gasteiger partial charge in [0.15, 0.2) is 0 Å². The Bertz CT molecular complexity index is 491. The molecule has 1 aliphatic carbocycles. The van der Waals surface area contributed by atoms with E-state index in [4.69, 9.17) is 0 Å². The molecular weight excluding hydrogens is 345 g/mol. The maximum atomic E-state index is 12.8. The largest absolute Gasteiger partial charge is 0.416 e. The van der Waals surface area contributed by atoms with Crippen molar-refractivity contribution in [2.24, 2.45) is 17.8 Å². The second kappa shape index (κ2) is 6.29. The lowest BCUT2D eigenvalue weighted by atomic mass is 9.73. The van der Waals surface area contributed by atoms with Crippen LogP contribution in [0, 0.1) is 17.8 Å². The maximum Gasteiger partial charge on any atom is 0.416 e. The fourth-order valence-corrected chi connectivity index (χ4v) is 3.95. The van der Waals surface area contributed by atoms with E-state index in [1.807, 2.05) is 0 Å². The molecular formula is C16H20BrF3O. The number of benzene rings is 1. The second-order valence-corrected chi connectivity index (χ2v) is 7.21. The Morgan fingerprint density at radius 1 is 1.14 bits per heavy atom. The topological polar surface area (TPSA) is 20.2 Å². The number of aliphatic hydroxyl groups excluding tert-OH is 1. The molecule has 1 nitrogen and oxygen atoms in total. The molecule has 3 atom stereocenters. The van der Waals surface area contributed by atoms with Crippen molar-refractivity contribution in [1.82, 2.24) is 0 Å². The third-order valence-corrected chi connectivity index (χ3v) is 5.03. The summed E-state index contributed by atoms with van der Waals surface area (Å²) in [4.78, 5) is 0. The van der Waals surface area contributed by atoms with Crippen molar-refractivity contribution in [3.8, 4) is 0 Å². The predicted octanol–water partition coefficient (Wildman–Crippen LogP) is 5.57. The quantitative estimate of drug-likeness (QED) is 0.726. The van der Waals surface area contributed by atoms with Gasteiger partial charge in [-0.2, -0.15) is 13.2 Å². The molecule has 2 rings (SSSR count). The van der Waals surface area contributed by atoms with Crippen LogP contribution in [-0.4, -0.2) is 5.11 Å². The van der Waals surface area contributed by atoms with Gasteiger partial charge in [-0.05, 0) is 60.8 Å². The summed E-state index contributed by atoms with van der Waals surface area (Å²) in [5.41, 5.74) is -0.368. The zero-order valence-electron chi connectivity index (χ0n) is 12.1. The first-order chi connectivity index (χ1) is 9.68. The zero-order chi connectivity index (χ0) is 15.8. The molecule has 21 heavy (non-hydrogen) atoms. The van der Waals surface area contributed by atoms with Crippen molar-refractivity contribution in [3.63, 3.8) is 0 Å². The minimum Gasteiger partial charge on any atom is -0.388 e. The van der Waals surface area contributed by atoms with Crippen LogP contribution in [0.2, 0.25) is 0 Å². The SMILES string of the molecule is CC1CC(C)CC(C(O)c2cc(C(F)(F)F)ccc2Br)C1. The minimum absolute atomic E-state index is 0.0172. The Morgan fingerprint density at radius 3 is 2.24 bits per heavy atom. The molecule has 1 aromatic rings. The zero-order valence-corrected chi connectivity index (χ0v) is 13.7. The molecule has 118 valence electrons. The van der Waals surface area contributed by atoms with Crippen LogP contribution in [-0.2, 0) is 6.18 Å². The summed E-state index contributed by atoms with van der Waals surface area (Å²) in [5, 5.41) is 10.6. The van der Waals surface area contributed by atoms with Crippen molar-refractivity contribution in [2.45, 2.75) is 45.4 Å². The first-order valence-electron chi connectivity index (χ1n) is 7.23. The standard InChI is InChI=1S/C16H20BrF3O/c1-9-5-10(2)7-11(6-9)15(21)13-8-12(16(18,19)20)3-4-14(13)17/h3-4,8-11,15,21H,5-7H2,1-2H3. The van der Waals surface area contributed by atoms with E-state index in [2.05, 4.69) is 29.8 Å². The molecule has 1 aliphatic rings. The lowest BCUT2D eigenvalue weighted by molar-refractivity contribution is -0.137. The summed E-state index contributed by atoms with van der Waals surface area (Å²) in [7, 11) is 0. The van der Waals surface area contributed by atoms with Crippen molar-refractivity contribution in [3.05, 3.63) is 33.8 Å². The van der Waals surface area contributed by atoms with E-state index >= 15 is 0 Å². The van der Waals surface area contributed by atoms with Crippen molar-refractivity contribution < 1.29 is 18.3 Å². The molecule has 1 saturated carbocycles. The second-order valence-electron chi connectivity index (χ2n) is 6.36. The lowest BCUT2D eigenvalue weighted by Gasteiger charge is -2.35. The van der Waals surface area contributed by atoms with Gasteiger partial charge in [0.05, 0.1) is 11.7 Å². The Morgan fingerprint density at radius 2 is 1.71 bits per heavy atom. The Balaban J connectivity index is 2.28. The first-order valence-corrected chi connectivity index (χ1v) is 8.02. The lowest BCUT2D eigenvalue weighted by Crippen LogP contribution is -2.25. The van der Waals surface area contributed by atoms with E-state index in [9.17, 15) is 18.3 Å². The van der Waals surface area contributed by atoms with Gasteiger partial charge in [-0.15, -0.1) is 0 Å². The third kappa shape index (κ3) is 4.01. The Labute approximate surface area is 131 Å². The van der Waals surface area contributed by atoms with Crippen molar-refractivity contribution >= 4 is 15.9 Å². The van der Waals surface area contributed by atoms with Gasteiger partial charge < -0.3 is 5.11 Å². The van der Waals surface area contributed by atoms with E-state index in [1.54, 1.807) is 0 Å². The highest BCUT2D eigenvalue weighted by Crippen LogP contribution is 2.42. The Kier molecular flexibility index (Phi) is 5.03. The van der Waals surface area contributed by atoms with E-state index in [-0.39, 0.29) is 5.92 Å². The molecule has 0 saturated heterocycles. The summed E-state index contributed by atoms with van der Waals surface area (Å²) < 4.78 is 39.0. The van der Waals surface area contributed by atoms with Crippen molar-refractivity contribution in [2.75, 3.05) is 0 Å². The molecule has 0 amide bonds. The normalized spacial score (nSPS) is 28.4. The number of aliphatic hydroxyl groups is 1. The number of halogens is 4. The molecule has 0 bridgehead atoms. The summed E-state index contributed by atoms with van der Waals surface area (Å²) in [6.07, 6.45) is -2.41. The molecule has 0 aromatic heterocycles. The number of hydrogen-bond acceptors (Lipinski definition) is 1. The Hall–Kier alpha value is -0.550.